The van der Waals surface area contributed by atoms with E-state index in [-0.39, 0.29) is 6.04 Å². The van der Waals surface area contributed by atoms with Gasteiger partial charge < -0.3 is 5.32 Å². The van der Waals surface area contributed by atoms with Gasteiger partial charge in [0.25, 0.3) is 0 Å². The van der Waals surface area contributed by atoms with E-state index in [0.717, 1.165) is 31.0 Å². The van der Waals surface area contributed by atoms with E-state index in [1.165, 1.54) is 6.07 Å². The van der Waals surface area contributed by atoms with Crippen molar-refractivity contribution in [2.24, 2.45) is 0 Å². The summed E-state index contributed by atoms with van der Waals surface area (Å²) in [6.45, 7) is 2.44. The first-order chi connectivity index (χ1) is 7.50. The van der Waals surface area contributed by atoms with Crippen molar-refractivity contribution in [1.82, 2.24) is 5.32 Å². The fraction of sp³-hybridized carbons (Fsp3) is 0.500. The van der Waals surface area contributed by atoms with E-state index < -0.39 is 11.7 Å². The maximum absolute atomic E-state index is 12.7. The second-order valence-electron chi connectivity index (χ2n) is 4.17. The normalized spacial score (nSPS) is 21.4. The Morgan fingerprint density at radius 3 is 2.62 bits per heavy atom. The van der Waals surface area contributed by atoms with Crippen LogP contribution in [0.1, 0.15) is 35.6 Å². The number of alkyl halides is 3. The first-order valence-electron chi connectivity index (χ1n) is 5.40. The van der Waals surface area contributed by atoms with Gasteiger partial charge >= 0.3 is 6.18 Å². The Bertz CT molecular complexity index is 378. The highest BCUT2D eigenvalue weighted by Gasteiger charge is 2.33. The quantitative estimate of drug-likeness (QED) is 0.777. The predicted octanol–water partition coefficient (Wildman–Crippen LogP) is 3.44. The molecule has 88 valence electrons. The van der Waals surface area contributed by atoms with Crippen molar-refractivity contribution in [3.05, 3.63) is 34.9 Å². The van der Waals surface area contributed by atoms with Crippen LogP contribution in [0.15, 0.2) is 18.2 Å². The molecule has 1 N–H and O–H groups in total. The van der Waals surface area contributed by atoms with Crippen LogP contribution >= 0.6 is 0 Å². The van der Waals surface area contributed by atoms with E-state index in [4.69, 9.17) is 0 Å². The zero-order chi connectivity index (χ0) is 11.8. The van der Waals surface area contributed by atoms with Crippen molar-refractivity contribution >= 4 is 0 Å². The fourth-order valence-electron chi connectivity index (χ4n) is 2.29. The highest BCUT2D eigenvalue weighted by molar-refractivity contribution is 5.38. The van der Waals surface area contributed by atoms with E-state index in [1.807, 2.05) is 0 Å². The smallest absolute Gasteiger partial charge is 0.310 e. The summed E-state index contributed by atoms with van der Waals surface area (Å²) in [7, 11) is 0. The molecule has 1 aliphatic heterocycles. The van der Waals surface area contributed by atoms with E-state index in [2.05, 4.69) is 5.32 Å². The van der Waals surface area contributed by atoms with E-state index in [0.29, 0.717) is 5.56 Å². The maximum Gasteiger partial charge on any atom is 0.416 e. The minimum absolute atomic E-state index is 0.0855. The second-order valence-corrected chi connectivity index (χ2v) is 4.17. The molecule has 1 aliphatic rings. The molecule has 0 aliphatic carbocycles. The molecule has 2 rings (SSSR count). The van der Waals surface area contributed by atoms with Crippen molar-refractivity contribution < 1.29 is 13.2 Å². The molecule has 0 spiro atoms. The molecular weight excluding hydrogens is 215 g/mol. The lowest BCUT2D eigenvalue weighted by molar-refractivity contribution is -0.138. The molecule has 1 atom stereocenters. The summed E-state index contributed by atoms with van der Waals surface area (Å²) in [5, 5.41) is 3.23. The minimum Gasteiger partial charge on any atom is -0.310 e. The molecular formula is C12H14F3N. The summed E-state index contributed by atoms with van der Waals surface area (Å²) in [6, 6.07) is 4.51. The topological polar surface area (TPSA) is 12.0 Å². The van der Waals surface area contributed by atoms with Crippen molar-refractivity contribution in [1.29, 1.82) is 0 Å². The zero-order valence-corrected chi connectivity index (χ0v) is 9.06. The van der Waals surface area contributed by atoms with Crippen LogP contribution < -0.4 is 5.32 Å². The van der Waals surface area contributed by atoms with Crippen molar-refractivity contribution in [2.75, 3.05) is 6.54 Å². The Labute approximate surface area is 92.7 Å². The van der Waals surface area contributed by atoms with Gasteiger partial charge in [0.1, 0.15) is 0 Å². The van der Waals surface area contributed by atoms with Crippen LogP contribution in [-0.4, -0.2) is 6.54 Å². The first-order valence-corrected chi connectivity index (χ1v) is 5.40. The number of hydrogen-bond donors (Lipinski definition) is 1. The number of hydrogen-bond acceptors (Lipinski definition) is 1. The third kappa shape index (κ3) is 2.07. The van der Waals surface area contributed by atoms with Crippen LogP contribution in [0.3, 0.4) is 0 Å². The molecule has 1 fully saturated rings. The predicted molar refractivity (Wildman–Crippen MR) is 56.2 cm³/mol. The fourth-order valence-corrected chi connectivity index (χ4v) is 2.29. The molecule has 1 heterocycles. The second kappa shape index (κ2) is 4.09. The molecule has 0 aromatic heterocycles. The molecule has 0 unspecified atom stereocenters. The molecule has 1 nitrogen and oxygen atoms in total. The van der Waals surface area contributed by atoms with Gasteiger partial charge in [0.05, 0.1) is 5.56 Å². The Balaban J connectivity index is 2.40. The molecule has 0 amide bonds. The molecule has 16 heavy (non-hydrogen) atoms. The maximum atomic E-state index is 12.7. The average molecular weight is 229 g/mol. The summed E-state index contributed by atoms with van der Waals surface area (Å²) in [5.41, 5.74) is 0.625. The van der Waals surface area contributed by atoms with Gasteiger partial charge in [-0.15, -0.1) is 0 Å². The summed E-state index contributed by atoms with van der Waals surface area (Å²) in [4.78, 5) is 0. The van der Waals surface area contributed by atoms with Crippen molar-refractivity contribution in [3.63, 3.8) is 0 Å². The lowest BCUT2D eigenvalue weighted by Gasteiger charge is -2.18. The zero-order valence-electron chi connectivity index (χ0n) is 9.06. The molecule has 1 aromatic carbocycles. The van der Waals surface area contributed by atoms with Gasteiger partial charge in [0.2, 0.25) is 0 Å². The standard InChI is InChI=1S/C12H14F3N/c1-8-9(11-6-3-7-16-11)4-2-5-10(8)12(13,14)15/h2,4-5,11,16H,3,6-7H2,1H3/t11-/m1/s1. The summed E-state index contributed by atoms with van der Waals surface area (Å²) in [5.74, 6) is 0. The van der Waals surface area contributed by atoms with Gasteiger partial charge in [-0.25, -0.2) is 0 Å². The van der Waals surface area contributed by atoms with Gasteiger partial charge in [-0.2, -0.15) is 13.2 Å². The highest BCUT2D eigenvalue weighted by atomic mass is 19.4. The van der Waals surface area contributed by atoms with Crippen LogP contribution in [0.2, 0.25) is 0 Å². The monoisotopic (exact) mass is 229 g/mol. The van der Waals surface area contributed by atoms with E-state index in [9.17, 15) is 13.2 Å². The number of halogens is 3. The Hall–Kier alpha value is -1.03. The minimum atomic E-state index is -4.25. The lowest BCUT2D eigenvalue weighted by atomic mass is 9.96. The van der Waals surface area contributed by atoms with Crippen LogP contribution in [0.5, 0.6) is 0 Å². The molecule has 1 saturated heterocycles. The van der Waals surface area contributed by atoms with Crippen molar-refractivity contribution in [3.8, 4) is 0 Å². The Morgan fingerprint density at radius 2 is 2.06 bits per heavy atom. The number of nitrogens with one attached hydrogen (secondary N) is 1. The third-order valence-electron chi connectivity index (χ3n) is 3.12. The average Bonchev–Trinajstić information content (AvgIpc) is 2.69. The van der Waals surface area contributed by atoms with Gasteiger partial charge in [0, 0.05) is 6.04 Å². The van der Waals surface area contributed by atoms with Gasteiger partial charge in [-0.3, -0.25) is 0 Å². The third-order valence-corrected chi connectivity index (χ3v) is 3.12. The van der Waals surface area contributed by atoms with Crippen molar-refractivity contribution in [2.45, 2.75) is 32.0 Å². The van der Waals surface area contributed by atoms with Crippen LogP contribution in [0.4, 0.5) is 13.2 Å². The van der Waals surface area contributed by atoms with E-state index in [1.54, 1.807) is 13.0 Å². The molecule has 1 aromatic rings. The summed E-state index contributed by atoms with van der Waals surface area (Å²) < 4.78 is 38.1. The summed E-state index contributed by atoms with van der Waals surface area (Å²) in [6.07, 6.45) is -2.30. The molecule has 4 heteroatoms. The van der Waals surface area contributed by atoms with Crippen LogP contribution in [0.25, 0.3) is 0 Å². The van der Waals surface area contributed by atoms with Gasteiger partial charge in [-0.1, -0.05) is 12.1 Å². The lowest BCUT2D eigenvalue weighted by Crippen LogP contribution is -2.16. The molecule has 0 saturated carbocycles. The highest BCUT2D eigenvalue weighted by Crippen LogP contribution is 2.35. The van der Waals surface area contributed by atoms with Crippen LogP contribution in [0, 0.1) is 6.92 Å². The van der Waals surface area contributed by atoms with Crippen LogP contribution in [-0.2, 0) is 6.18 Å². The molecule has 0 radical (unpaired) electrons. The van der Waals surface area contributed by atoms with Gasteiger partial charge in [0.15, 0.2) is 0 Å². The Kier molecular flexibility index (Phi) is 2.93. The first kappa shape index (κ1) is 11.5. The number of rotatable bonds is 1. The summed E-state index contributed by atoms with van der Waals surface area (Å²) >= 11 is 0. The largest absolute Gasteiger partial charge is 0.416 e. The SMILES string of the molecule is Cc1c([C@H]2CCCN2)cccc1C(F)(F)F. The van der Waals surface area contributed by atoms with E-state index >= 15 is 0 Å². The number of benzene rings is 1. The molecule has 0 bridgehead atoms. The Morgan fingerprint density at radius 1 is 1.31 bits per heavy atom. The van der Waals surface area contributed by atoms with Gasteiger partial charge in [-0.05, 0) is 43.5 Å².